The van der Waals surface area contributed by atoms with E-state index in [1.807, 2.05) is 19.9 Å². The van der Waals surface area contributed by atoms with E-state index in [1.165, 1.54) is 13.2 Å². The van der Waals surface area contributed by atoms with Gasteiger partial charge in [-0.25, -0.2) is 0 Å². The second-order valence-electron chi connectivity index (χ2n) is 5.55. The first kappa shape index (κ1) is 20.8. The molecular formula is C20H18BrClN2O3. The Bertz CT molecular complexity index is 936. The summed E-state index contributed by atoms with van der Waals surface area (Å²) in [5.74, 6) is 0.544. The van der Waals surface area contributed by atoms with Crippen LogP contribution in [0.2, 0.25) is 5.02 Å². The van der Waals surface area contributed by atoms with Crippen molar-refractivity contribution in [1.82, 2.24) is 0 Å². The predicted octanol–water partition coefficient (Wildman–Crippen LogP) is 5.36. The molecular weight excluding hydrogens is 432 g/mol. The largest absolute Gasteiger partial charge is 0.493 e. The van der Waals surface area contributed by atoms with Crippen LogP contribution in [-0.2, 0) is 4.79 Å². The first-order valence-corrected chi connectivity index (χ1v) is 9.26. The van der Waals surface area contributed by atoms with E-state index in [2.05, 4.69) is 21.2 Å². The van der Waals surface area contributed by atoms with E-state index < -0.39 is 5.91 Å². The molecule has 0 heterocycles. The topological polar surface area (TPSA) is 71.3 Å². The first-order chi connectivity index (χ1) is 12.9. The zero-order valence-electron chi connectivity index (χ0n) is 15.1. The zero-order chi connectivity index (χ0) is 20.0. The van der Waals surface area contributed by atoms with Gasteiger partial charge in [0.15, 0.2) is 11.5 Å². The average molecular weight is 450 g/mol. The Kier molecular flexibility index (Phi) is 7.28. The van der Waals surface area contributed by atoms with Crippen molar-refractivity contribution in [3.8, 4) is 17.6 Å². The Morgan fingerprint density at radius 1 is 1.37 bits per heavy atom. The summed E-state index contributed by atoms with van der Waals surface area (Å²) in [6.07, 6.45) is 1.48. The molecule has 0 aliphatic heterocycles. The molecule has 7 heteroatoms. The van der Waals surface area contributed by atoms with E-state index in [1.54, 1.807) is 30.3 Å². The highest BCUT2D eigenvalue weighted by Gasteiger charge is 2.14. The second kappa shape index (κ2) is 9.45. The molecule has 2 aromatic rings. The van der Waals surface area contributed by atoms with Gasteiger partial charge in [-0.1, -0.05) is 17.7 Å². The Hall–Kier alpha value is -2.49. The highest BCUT2D eigenvalue weighted by atomic mass is 79.9. The minimum Gasteiger partial charge on any atom is -0.493 e. The Morgan fingerprint density at radius 2 is 2.11 bits per heavy atom. The van der Waals surface area contributed by atoms with Crippen molar-refractivity contribution in [2.45, 2.75) is 13.8 Å². The number of halogens is 2. The van der Waals surface area contributed by atoms with E-state index in [9.17, 15) is 10.1 Å². The molecule has 0 bridgehead atoms. The Balaban J connectivity index is 2.35. The van der Waals surface area contributed by atoms with Crippen molar-refractivity contribution in [2.75, 3.05) is 19.0 Å². The van der Waals surface area contributed by atoms with Crippen molar-refractivity contribution in [3.63, 3.8) is 0 Å². The van der Waals surface area contributed by atoms with Gasteiger partial charge in [0.1, 0.15) is 11.6 Å². The lowest BCUT2D eigenvalue weighted by Crippen LogP contribution is -2.14. The van der Waals surface area contributed by atoms with Gasteiger partial charge in [0, 0.05) is 10.7 Å². The fourth-order valence-electron chi connectivity index (χ4n) is 2.34. The lowest BCUT2D eigenvalue weighted by Gasteiger charge is -2.12. The van der Waals surface area contributed by atoms with Gasteiger partial charge in [0.25, 0.3) is 5.91 Å². The summed E-state index contributed by atoms with van der Waals surface area (Å²) < 4.78 is 11.5. The molecule has 1 N–H and O–H groups in total. The Morgan fingerprint density at radius 3 is 2.74 bits per heavy atom. The third kappa shape index (κ3) is 5.25. The van der Waals surface area contributed by atoms with E-state index in [0.717, 1.165) is 5.56 Å². The van der Waals surface area contributed by atoms with Gasteiger partial charge in [0.05, 0.1) is 18.2 Å². The number of methoxy groups -OCH3 is 1. The van der Waals surface area contributed by atoms with Crippen LogP contribution in [0.15, 0.2) is 40.4 Å². The van der Waals surface area contributed by atoms with Crippen molar-refractivity contribution in [3.05, 3.63) is 56.5 Å². The number of aryl methyl sites for hydroxylation is 1. The number of hydrogen-bond donors (Lipinski definition) is 1. The monoisotopic (exact) mass is 448 g/mol. The maximum absolute atomic E-state index is 12.5. The molecule has 0 aromatic heterocycles. The normalized spacial score (nSPS) is 10.9. The molecule has 0 saturated heterocycles. The molecule has 0 radical (unpaired) electrons. The average Bonchev–Trinajstić information content (AvgIpc) is 2.64. The van der Waals surface area contributed by atoms with Crippen molar-refractivity contribution < 1.29 is 14.3 Å². The number of amides is 1. The minimum absolute atomic E-state index is 0.0486. The van der Waals surface area contributed by atoms with Gasteiger partial charge in [0.2, 0.25) is 0 Å². The molecule has 0 aliphatic carbocycles. The summed E-state index contributed by atoms with van der Waals surface area (Å²) in [5, 5.41) is 12.6. The summed E-state index contributed by atoms with van der Waals surface area (Å²) in [6, 6.07) is 10.5. The number of rotatable bonds is 6. The quantitative estimate of drug-likeness (QED) is 0.476. The highest BCUT2D eigenvalue weighted by molar-refractivity contribution is 9.10. The molecule has 0 spiro atoms. The summed E-state index contributed by atoms with van der Waals surface area (Å²) in [4.78, 5) is 12.5. The number of nitrogens with zero attached hydrogens (tertiary/aromatic N) is 1. The predicted molar refractivity (Wildman–Crippen MR) is 110 cm³/mol. The second-order valence-corrected chi connectivity index (χ2v) is 6.84. The van der Waals surface area contributed by atoms with Gasteiger partial charge < -0.3 is 14.8 Å². The van der Waals surface area contributed by atoms with E-state index >= 15 is 0 Å². The van der Waals surface area contributed by atoms with Crippen molar-refractivity contribution >= 4 is 45.2 Å². The number of benzene rings is 2. The third-order valence-corrected chi connectivity index (χ3v) is 4.49. The van der Waals surface area contributed by atoms with Gasteiger partial charge in [-0.15, -0.1) is 0 Å². The molecule has 0 fully saturated rings. The summed E-state index contributed by atoms with van der Waals surface area (Å²) in [5.41, 5.74) is 1.97. The molecule has 5 nitrogen and oxygen atoms in total. The van der Waals surface area contributed by atoms with Gasteiger partial charge in [-0.2, -0.15) is 5.26 Å². The molecule has 0 unspecified atom stereocenters. The standard InChI is InChI=1S/C20H18BrClN2O3/c1-4-27-19-16(21)8-13(9-18(19)26-3)7-14(11-23)20(25)24-17-10-15(22)6-5-12(17)2/h5-10H,4H2,1-3H3,(H,24,25)/b14-7+. The Labute approximate surface area is 171 Å². The van der Waals surface area contributed by atoms with E-state index in [-0.39, 0.29) is 5.57 Å². The van der Waals surface area contributed by atoms with Crippen LogP contribution in [0, 0.1) is 18.3 Å². The van der Waals surface area contributed by atoms with Crippen LogP contribution in [0.5, 0.6) is 11.5 Å². The van der Waals surface area contributed by atoms with Crippen LogP contribution in [-0.4, -0.2) is 19.6 Å². The number of ether oxygens (including phenoxy) is 2. The number of nitrogens with one attached hydrogen (secondary N) is 1. The molecule has 2 aromatic carbocycles. The zero-order valence-corrected chi connectivity index (χ0v) is 17.4. The fourth-order valence-corrected chi connectivity index (χ4v) is 3.09. The molecule has 0 atom stereocenters. The number of anilines is 1. The maximum atomic E-state index is 12.5. The van der Waals surface area contributed by atoms with Crippen molar-refractivity contribution in [1.29, 1.82) is 5.26 Å². The molecule has 27 heavy (non-hydrogen) atoms. The lowest BCUT2D eigenvalue weighted by molar-refractivity contribution is -0.112. The molecule has 2 rings (SSSR count). The van der Waals surface area contributed by atoms with E-state index in [4.69, 9.17) is 21.1 Å². The van der Waals surface area contributed by atoms with Crippen LogP contribution in [0.1, 0.15) is 18.1 Å². The fraction of sp³-hybridized carbons (Fsp3) is 0.200. The van der Waals surface area contributed by atoms with Gasteiger partial charge >= 0.3 is 0 Å². The van der Waals surface area contributed by atoms with E-state index in [0.29, 0.717) is 38.9 Å². The summed E-state index contributed by atoms with van der Waals surface area (Å²) in [7, 11) is 1.53. The minimum atomic E-state index is -0.521. The molecule has 0 aliphatic rings. The number of carbonyl (C=O) groups is 1. The molecule has 1 amide bonds. The van der Waals surface area contributed by atoms with Crippen LogP contribution in [0.3, 0.4) is 0 Å². The maximum Gasteiger partial charge on any atom is 0.266 e. The summed E-state index contributed by atoms with van der Waals surface area (Å²) in [6.45, 7) is 4.20. The summed E-state index contributed by atoms with van der Waals surface area (Å²) >= 11 is 9.40. The van der Waals surface area contributed by atoms with Crippen LogP contribution >= 0.6 is 27.5 Å². The smallest absolute Gasteiger partial charge is 0.266 e. The highest BCUT2D eigenvalue weighted by Crippen LogP contribution is 2.37. The molecule has 140 valence electrons. The number of nitriles is 1. The first-order valence-electron chi connectivity index (χ1n) is 8.09. The van der Waals surface area contributed by atoms with Crippen molar-refractivity contribution in [2.24, 2.45) is 0 Å². The number of carbonyl (C=O) groups excluding carboxylic acids is 1. The van der Waals surface area contributed by atoms with Gasteiger partial charge in [-0.3, -0.25) is 4.79 Å². The van der Waals surface area contributed by atoms with Crippen LogP contribution < -0.4 is 14.8 Å². The molecule has 0 saturated carbocycles. The number of hydrogen-bond acceptors (Lipinski definition) is 4. The van der Waals surface area contributed by atoms with Crippen LogP contribution in [0.25, 0.3) is 6.08 Å². The van der Waals surface area contributed by atoms with Crippen LogP contribution in [0.4, 0.5) is 5.69 Å². The third-order valence-electron chi connectivity index (χ3n) is 3.66. The van der Waals surface area contributed by atoms with Gasteiger partial charge in [-0.05, 0) is 71.2 Å². The lowest BCUT2D eigenvalue weighted by atomic mass is 10.1. The SMILES string of the molecule is CCOc1c(Br)cc(/C=C(\C#N)C(=O)Nc2cc(Cl)ccc2C)cc1OC.